The number of rotatable bonds is 5. The van der Waals surface area contributed by atoms with Gasteiger partial charge in [-0.3, -0.25) is 4.79 Å². The Morgan fingerprint density at radius 2 is 1.92 bits per heavy atom. The van der Waals surface area contributed by atoms with E-state index in [4.69, 9.17) is 9.84 Å². The van der Waals surface area contributed by atoms with Gasteiger partial charge in [0, 0.05) is 29.8 Å². The number of hydrogen-bond acceptors (Lipinski definition) is 7. The largest absolute Gasteiger partial charge is 0.490 e. The van der Waals surface area contributed by atoms with E-state index in [-0.39, 0.29) is 19.2 Å². The van der Waals surface area contributed by atoms with Gasteiger partial charge >= 0.3 is 12.0 Å². The zero-order valence-electron chi connectivity index (χ0n) is 19.8. The van der Waals surface area contributed by atoms with Crippen LogP contribution in [0.5, 0.6) is 5.75 Å². The van der Waals surface area contributed by atoms with Crippen LogP contribution in [0.2, 0.25) is 0 Å². The standard InChI is InChI=1S/C26H23N5O4S/c1-14(2)35-22-9-6-15(10-16(22)11-27)23-29-30-24(36-23)20-5-3-4-19-18(20)7-8-21(19)28-26(34)31-12-17(13-31)25(32)33/h3-6,9-10,14,17H,7-8,12-13H2,1-2H3,(H,32,33)/b28-21-. The van der Waals surface area contributed by atoms with Crippen molar-refractivity contribution in [2.24, 2.45) is 10.9 Å². The predicted molar refractivity (Wildman–Crippen MR) is 134 cm³/mol. The van der Waals surface area contributed by atoms with Gasteiger partial charge in [-0.05, 0) is 50.5 Å². The van der Waals surface area contributed by atoms with Gasteiger partial charge in [0.25, 0.3) is 0 Å². The Labute approximate surface area is 211 Å². The maximum Gasteiger partial charge on any atom is 0.343 e. The number of aliphatic carboxylic acids is 1. The summed E-state index contributed by atoms with van der Waals surface area (Å²) in [7, 11) is 0. The summed E-state index contributed by atoms with van der Waals surface area (Å²) < 4.78 is 5.71. The minimum absolute atomic E-state index is 0.0347. The minimum atomic E-state index is -0.886. The summed E-state index contributed by atoms with van der Waals surface area (Å²) in [5, 5.41) is 28.8. The van der Waals surface area contributed by atoms with Gasteiger partial charge in [-0.2, -0.15) is 10.3 Å². The molecule has 2 aliphatic rings. The summed E-state index contributed by atoms with van der Waals surface area (Å²) in [6, 6.07) is 13.1. The van der Waals surface area contributed by atoms with E-state index in [1.165, 1.54) is 16.2 Å². The maximum atomic E-state index is 12.5. The third-order valence-corrected chi connectivity index (χ3v) is 7.20. The fourth-order valence-electron chi connectivity index (χ4n) is 4.35. The molecule has 1 N–H and O–H groups in total. The molecule has 1 saturated heterocycles. The smallest absolute Gasteiger partial charge is 0.343 e. The normalized spacial score (nSPS) is 16.1. The average Bonchev–Trinajstić information content (AvgIpc) is 3.45. The number of aromatic nitrogens is 2. The summed E-state index contributed by atoms with van der Waals surface area (Å²) >= 11 is 1.44. The first-order valence-corrected chi connectivity index (χ1v) is 12.4. The molecule has 10 heteroatoms. The number of fused-ring (bicyclic) bond motifs is 1. The fourth-order valence-corrected chi connectivity index (χ4v) is 5.25. The SMILES string of the molecule is CC(C)Oc1ccc(-c2nnc(-c3cccc4c3CC/C4=N/C(=O)N3CC(C(=O)O)C3)s2)cc1C#N. The maximum absolute atomic E-state index is 12.5. The van der Waals surface area contributed by atoms with Gasteiger partial charge in [0.1, 0.15) is 21.8 Å². The number of carboxylic acid groups (broad SMARTS) is 1. The van der Waals surface area contributed by atoms with E-state index in [9.17, 15) is 14.9 Å². The van der Waals surface area contributed by atoms with Gasteiger partial charge in [-0.1, -0.05) is 29.5 Å². The Morgan fingerprint density at radius 3 is 2.64 bits per heavy atom. The van der Waals surface area contributed by atoms with E-state index in [0.29, 0.717) is 28.5 Å². The van der Waals surface area contributed by atoms with Gasteiger partial charge in [0.05, 0.1) is 23.3 Å². The van der Waals surface area contributed by atoms with Crippen molar-refractivity contribution in [3.63, 3.8) is 0 Å². The second-order valence-electron chi connectivity index (χ2n) is 9.01. The van der Waals surface area contributed by atoms with Gasteiger partial charge in [-0.15, -0.1) is 10.2 Å². The second kappa shape index (κ2) is 9.51. The Bertz CT molecular complexity index is 1430. The van der Waals surface area contributed by atoms with Crippen LogP contribution in [0.25, 0.3) is 21.1 Å². The third-order valence-electron chi connectivity index (χ3n) is 6.20. The molecule has 2 heterocycles. The molecule has 0 unspecified atom stereocenters. The number of ether oxygens (including phenoxy) is 1. The van der Waals surface area contributed by atoms with Crippen LogP contribution in [0.15, 0.2) is 41.4 Å². The Hall–Kier alpha value is -4.10. The molecule has 5 rings (SSSR count). The minimum Gasteiger partial charge on any atom is -0.490 e. The first kappa shape index (κ1) is 23.6. The summed E-state index contributed by atoms with van der Waals surface area (Å²) in [5.74, 6) is -0.853. The van der Waals surface area contributed by atoms with Crippen molar-refractivity contribution in [1.82, 2.24) is 15.1 Å². The zero-order valence-corrected chi connectivity index (χ0v) is 20.6. The van der Waals surface area contributed by atoms with E-state index in [1.54, 1.807) is 12.1 Å². The predicted octanol–water partition coefficient (Wildman–Crippen LogP) is 4.40. The fraction of sp³-hybridized carbons (Fsp3) is 0.308. The molecular weight excluding hydrogens is 478 g/mol. The molecule has 1 aromatic heterocycles. The molecule has 36 heavy (non-hydrogen) atoms. The molecule has 0 atom stereocenters. The van der Waals surface area contributed by atoms with Gasteiger partial charge < -0.3 is 14.7 Å². The second-order valence-corrected chi connectivity index (χ2v) is 9.99. The van der Waals surface area contributed by atoms with Crippen LogP contribution in [-0.4, -0.2) is 57.1 Å². The molecule has 2 aromatic carbocycles. The van der Waals surface area contributed by atoms with E-state index in [0.717, 1.165) is 33.7 Å². The highest BCUT2D eigenvalue weighted by Crippen LogP contribution is 2.37. The molecule has 3 aromatic rings. The number of carbonyl (C=O) groups excluding carboxylic acids is 1. The topological polar surface area (TPSA) is 129 Å². The van der Waals surface area contributed by atoms with Crippen LogP contribution in [0.1, 0.15) is 37.0 Å². The van der Waals surface area contributed by atoms with Crippen molar-refractivity contribution in [3.05, 3.63) is 53.1 Å². The molecule has 2 amide bonds. The van der Waals surface area contributed by atoms with Crippen molar-refractivity contribution in [2.45, 2.75) is 32.8 Å². The summed E-state index contributed by atoms with van der Waals surface area (Å²) in [4.78, 5) is 29.3. The number of carboxylic acids is 1. The number of likely N-dealkylation sites (tertiary alicyclic amines) is 1. The summed E-state index contributed by atoms with van der Waals surface area (Å²) in [6.07, 6.45) is 1.32. The molecular formula is C26H23N5O4S. The first-order chi connectivity index (χ1) is 17.3. The molecule has 9 nitrogen and oxygen atoms in total. The lowest BCUT2D eigenvalue weighted by atomic mass is 10.0. The van der Waals surface area contributed by atoms with E-state index in [2.05, 4.69) is 21.3 Å². The highest BCUT2D eigenvalue weighted by molar-refractivity contribution is 7.17. The van der Waals surface area contributed by atoms with Crippen molar-refractivity contribution in [3.8, 4) is 33.0 Å². The van der Waals surface area contributed by atoms with Gasteiger partial charge in [0.15, 0.2) is 0 Å². The van der Waals surface area contributed by atoms with Crippen LogP contribution in [-0.2, 0) is 11.2 Å². The average molecular weight is 502 g/mol. The van der Waals surface area contributed by atoms with Gasteiger partial charge in [0.2, 0.25) is 0 Å². The Morgan fingerprint density at radius 1 is 1.17 bits per heavy atom. The van der Waals surface area contributed by atoms with Crippen LogP contribution >= 0.6 is 11.3 Å². The number of carbonyl (C=O) groups is 2. The number of nitrogens with zero attached hydrogens (tertiary/aromatic N) is 5. The lowest BCUT2D eigenvalue weighted by molar-refractivity contribution is -0.145. The van der Waals surface area contributed by atoms with Crippen LogP contribution in [0.3, 0.4) is 0 Å². The van der Waals surface area contributed by atoms with E-state index >= 15 is 0 Å². The zero-order chi connectivity index (χ0) is 25.4. The number of benzene rings is 2. The molecule has 1 fully saturated rings. The van der Waals surface area contributed by atoms with Gasteiger partial charge in [-0.25, -0.2) is 4.79 Å². The third kappa shape index (κ3) is 4.45. The quantitative estimate of drug-likeness (QED) is 0.548. The molecule has 0 saturated carbocycles. The number of aliphatic imine (C=N–C) groups is 1. The Balaban J connectivity index is 1.39. The number of hydrogen-bond donors (Lipinski definition) is 1. The number of urea groups is 1. The number of nitriles is 1. The number of amides is 2. The van der Waals surface area contributed by atoms with Crippen LogP contribution in [0.4, 0.5) is 4.79 Å². The van der Waals surface area contributed by atoms with Crippen molar-refractivity contribution >= 4 is 29.0 Å². The van der Waals surface area contributed by atoms with Crippen LogP contribution < -0.4 is 4.74 Å². The highest BCUT2D eigenvalue weighted by atomic mass is 32.1. The van der Waals surface area contributed by atoms with E-state index in [1.807, 2.05) is 38.1 Å². The summed E-state index contributed by atoms with van der Waals surface area (Å²) in [5.41, 5.74) is 4.87. The van der Waals surface area contributed by atoms with Crippen molar-refractivity contribution in [1.29, 1.82) is 5.26 Å². The molecule has 0 radical (unpaired) electrons. The monoisotopic (exact) mass is 501 g/mol. The molecule has 0 spiro atoms. The molecule has 182 valence electrons. The molecule has 0 bridgehead atoms. The lowest BCUT2D eigenvalue weighted by Gasteiger charge is -2.35. The molecule has 1 aliphatic carbocycles. The lowest BCUT2D eigenvalue weighted by Crippen LogP contribution is -2.52. The molecule has 1 aliphatic heterocycles. The van der Waals surface area contributed by atoms with E-state index < -0.39 is 17.9 Å². The highest BCUT2D eigenvalue weighted by Gasteiger charge is 2.36. The first-order valence-electron chi connectivity index (χ1n) is 11.6. The summed E-state index contributed by atoms with van der Waals surface area (Å²) in [6.45, 7) is 4.22. The Kier molecular flexibility index (Phi) is 6.24. The van der Waals surface area contributed by atoms with Crippen molar-refractivity contribution < 1.29 is 19.4 Å². The van der Waals surface area contributed by atoms with Crippen LogP contribution in [0, 0.1) is 17.2 Å². The van der Waals surface area contributed by atoms with Crippen molar-refractivity contribution in [2.75, 3.05) is 13.1 Å².